The van der Waals surface area contributed by atoms with Gasteiger partial charge in [0.1, 0.15) is 0 Å². The van der Waals surface area contributed by atoms with Gasteiger partial charge in [-0.3, -0.25) is 4.57 Å². The molecule has 3 heterocycles. The number of aromatic nitrogens is 2. The number of amides is 1. The van der Waals surface area contributed by atoms with Crippen molar-refractivity contribution in [2.24, 2.45) is 0 Å². The molecule has 0 unspecified atom stereocenters. The van der Waals surface area contributed by atoms with E-state index in [0.717, 1.165) is 49.0 Å². The van der Waals surface area contributed by atoms with Gasteiger partial charge in [0, 0.05) is 38.3 Å². The van der Waals surface area contributed by atoms with E-state index in [0.29, 0.717) is 30.2 Å². The molecular weight excluding hydrogens is 408 g/mol. The van der Waals surface area contributed by atoms with Crippen LogP contribution in [0.1, 0.15) is 31.7 Å². The summed E-state index contributed by atoms with van der Waals surface area (Å²) in [5.74, 6) is 0. The Morgan fingerprint density at radius 2 is 1.53 bits per heavy atom. The lowest BCUT2D eigenvalue weighted by Gasteiger charge is -2.41. The predicted molar refractivity (Wildman–Crippen MR) is 113 cm³/mol. The van der Waals surface area contributed by atoms with Gasteiger partial charge in [0.25, 0.3) is 0 Å². The van der Waals surface area contributed by atoms with Crippen LogP contribution in [0.5, 0.6) is 0 Å². The lowest BCUT2D eigenvalue weighted by molar-refractivity contribution is 0.0686. The largest absolute Gasteiger partial charge is 0.453 e. The Morgan fingerprint density at radius 3 is 2.10 bits per heavy atom. The molecule has 2 aromatic rings. The van der Waals surface area contributed by atoms with Crippen LogP contribution in [0.4, 0.5) is 4.79 Å². The number of rotatable bonds is 3. The molecule has 0 N–H and O–H groups in total. The van der Waals surface area contributed by atoms with Gasteiger partial charge in [0.15, 0.2) is 0 Å². The lowest BCUT2D eigenvalue weighted by Crippen LogP contribution is -2.49. The quantitative estimate of drug-likeness (QED) is 0.724. The van der Waals surface area contributed by atoms with Gasteiger partial charge in [-0.2, -0.15) is 3.97 Å². The van der Waals surface area contributed by atoms with E-state index < -0.39 is 15.7 Å². The number of hydrogen-bond acceptors (Lipinski definition) is 6. The van der Waals surface area contributed by atoms with Crippen molar-refractivity contribution in [2.75, 3.05) is 39.5 Å². The molecule has 0 saturated carbocycles. The normalized spacial score (nSPS) is 20.0. The number of imidazole rings is 1. The smallest absolute Gasteiger partial charge is 0.409 e. The number of methoxy groups -OCH3 is 1. The fourth-order valence-corrected chi connectivity index (χ4v) is 5.75. The summed E-state index contributed by atoms with van der Waals surface area (Å²) < 4.78 is 31.8. The van der Waals surface area contributed by atoms with Crippen LogP contribution >= 0.6 is 0 Å². The van der Waals surface area contributed by atoms with Crippen molar-refractivity contribution in [3.8, 4) is 0 Å². The number of ether oxygens (including phenoxy) is 1. The molecule has 30 heavy (non-hydrogen) atoms. The van der Waals surface area contributed by atoms with Crippen LogP contribution < -0.4 is 5.69 Å². The van der Waals surface area contributed by atoms with Gasteiger partial charge in [-0.25, -0.2) is 18.0 Å². The van der Waals surface area contributed by atoms with E-state index in [1.807, 2.05) is 12.1 Å². The Balaban J connectivity index is 1.49. The highest BCUT2D eigenvalue weighted by Crippen LogP contribution is 2.29. The first-order valence-corrected chi connectivity index (χ1v) is 12.2. The van der Waals surface area contributed by atoms with E-state index in [4.69, 9.17) is 4.74 Å². The fraction of sp³-hybridized carbons (Fsp3) is 0.600. The Kier molecular flexibility index (Phi) is 5.63. The molecule has 9 nitrogen and oxygen atoms in total. The molecule has 2 aliphatic heterocycles. The van der Waals surface area contributed by atoms with Crippen molar-refractivity contribution in [1.29, 1.82) is 0 Å². The molecule has 4 rings (SSSR count). The molecule has 0 radical (unpaired) electrons. The van der Waals surface area contributed by atoms with Crippen molar-refractivity contribution in [3.63, 3.8) is 0 Å². The molecule has 0 bridgehead atoms. The summed E-state index contributed by atoms with van der Waals surface area (Å²) in [7, 11) is -2.29. The fourth-order valence-electron chi connectivity index (χ4n) is 4.87. The predicted octanol–water partition coefficient (Wildman–Crippen LogP) is 1.48. The average Bonchev–Trinajstić information content (AvgIpc) is 3.05. The number of carbonyl (C=O) groups excluding carboxylic acids is 1. The van der Waals surface area contributed by atoms with Crippen molar-refractivity contribution >= 4 is 27.1 Å². The molecule has 0 atom stereocenters. The number of para-hydroxylation sites is 2. The van der Waals surface area contributed by atoms with Crippen molar-refractivity contribution in [2.45, 2.75) is 37.8 Å². The topological polar surface area (TPSA) is 93.8 Å². The third-order valence-corrected chi connectivity index (χ3v) is 7.37. The first kappa shape index (κ1) is 20.9. The zero-order valence-corrected chi connectivity index (χ0v) is 18.2. The molecule has 1 amide bonds. The zero-order chi connectivity index (χ0) is 21.5. The minimum absolute atomic E-state index is 0.0307. The van der Waals surface area contributed by atoms with Gasteiger partial charge in [0.2, 0.25) is 10.0 Å². The van der Waals surface area contributed by atoms with Crippen LogP contribution in [0.2, 0.25) is 0 Å². The monoisotopic (exact) mass is 436 g/mol. The van der Waals surface area contributed by atoms with Gasteiger partial charge >= 0.3 is 11.8 Å². The van der Waals surface area contributed by atoms with Crippen LogP contribution in [-0.4, -0.2) is 78.4 Å². The van der Waals surface area contributed by atoms with E-state index >= 15 is 0 Å². The maximum atomic E-state index is 13.0. The van der Waals surface area contributed by atoms with Crippen LogP contribution in [0.25, 0.3) is 11.0 Å². The number of hydrogen-bond donors (Lipinski definition) is 0. The third-order valence-electron chi connectivity index (χ3n) is 6.35. The van der Waals surface area contributed by atoms with Crippen LogP contribution in [-0.2, 0) is 14.8 Å². The van der Waals surface area contributed by atoms with Crippen LogP contribution in [0.3, 0.4) is 0 Å². The van der Waals surface area contributed by atoms with Gasteiger partial charge in [-0.15, -0.1) is 0 Å². The van der Waals surface area contributed by atoms with Gasteiger partial charge in [-0.05, 0) is 37.8 Å². The summed E-state index contributed by atoms with van der Waals surface area (Å²) >= 11 is 0. The summed E-state index contributed by atoms with van der Waals surface area (Å²) in [6, 6.07) is 7.45. The Morgan fingerprint density at radius 1 is 0.967 bits per heavy atom. The van der Waals surface area contributed by atoms with Gasteiger partial charge in [0.05, 0.1) is 24.4 Å². The highest BCUT2D eigenvalue weighted by molar-refractivity contribution is 7.89. The van der Waals surface area contributed by atoms with Gasteiger partial charge in [-0.1, -0.05) is 12.1 Å². The molecule has 1 aromatic heterocycles. The van der Waals surface area contributed by atoms with E-state index in [-0.39, 0.29) is 12.1 Å². The van der Waals surface area contributed by atoms with E-state index in [1.165, 1.54) is 7.11 Å². The van der Waals surface area contributed by atoms with E-state index in [2.05, 4.69) is 4.90 Å². The summed E-state index contributed by atoms with van der Waals surface area (Å²) in [5, 5.41) is 0. The van der Waals surface area contributed by atoms with Crippen molar-refractivity contribution in [3.05, 3.63) is 34.7 Å². The molecule has 164 valence electrons. The van der Waals surface area contributed by atoms with Crippen molar-refractivity contribution < 1.29 is 17.9 Å². The summed E-state index contributed by atoms with van der Waals surface area (Å²) in [6.07, 6.45) is 4.19. The number of fused-ring (bicyclic) bond motifs is 1. The molecule has 1 aromatic carbocycles. The first-order valence-electron chi connectivity index (χ1n) is 10.3. The third kappa shape index (κ3) is 3.74. The van der Waals surface area contributed by atoms with E-state index in [1.54, 1.807) is 21.6 Å². The Hall–Kier alpha value is -2.33. The highest BCUT2D eigenvalue weighted by atomic mass is 32.2. The number of likely N-dealkylation sites (tertiary alicyclic amines) is 2. The standard InChI is InChI=1S/C20H28N4O5S/c1-29-20(26)22-13-7-15(8-14-22)21-11-9-16(10-12-21)23-17-5-3-4-6-18(17)24(19(23)25)30(2,27)28/h3-6,15-16H,7-14H2,1-2H3. The second kappa shape index (κ2) is 8.07. The minimum Gasteiger partial charge on any atom is -0.453 e. The molecular formula is C20H28N4O5S. The molecule has 10 heteroatoms. The number of benzene rings is 1. The number of piperidine rings is 2. The van der Waals surface area contributed by atoms with Crippen LogP contribution in [0.15, 0.2) is 29.1 Å². The molecule has 0 spiro atoms. The lowest BCUT2D eigenvalue weighted by atomic mass is 9.97. The molecule has 2 fully saturated rings. The summed E-state index contributed by atoms with van der Waals surface area (Å²) in [4.78, 5) is 28.9. The first-order chi connectivity index (χ1) is 14.3. The minimum atomic E-state index is -3.69. The number of nitrogens with zero attached hydrogens (tertiary/aromatic N) is 4. The maximum absolute atomic E-state index is 13.0. The summed E-state index contributed by atoms with van der Waals surface area (Å²) in [6.45, 7) is 3.08. The Bertz CT molecular complexity index is 1090. The maximum Gasteiger partial charge on any atom is 0.409 e. The van der Waals surface area contributed by atoms with E-state index in [9.17, 15) is 18.0 Å². The second-order valence-electron chi connectivity index (χ2n) is 8.12. The summed E-state index contributed by atoms with van der Waals surface area (Å²) in [5.41, 5.74) is 0.615. The zero-order valence-electron chi connectivity index (χ0n) is 17.4. The SMILES string of the molecule is COC(=O)N1CCC(N2CCC(n3c(=O)n(S(C)(=O)=O)c4ccccc43)CC2)CC1. The Labute approximate surface area is 175 Å². The number of carbonyl (C=O) groups is 1. The van der Waals surface area contributed by atoms with Crippen LogP contribution in [0, 0.1) is 0 Å². The second-order valence-corrected chi connectivity index (χ2v) is 9.96. The highest BCUT2D eigenvalue weighted by Gasteiger charge is 2.32. The molecule has 2 saturated heterocycles. The average molecular weight is 437 g/mol. The van der Waals surface area contributed by atoms with Gasteiger partial charge < -0.3 is 14.5 Å². The molecule has 0 aliphatic carbocycles. The molecule has 2 aliphatic rings. The van der Waals surface area contributed by atoms with Crippen molar-refractivity contribution in [1.82, 2.24) is 18.3 Å².